The van der Waals surface area contributed by atoms with Crippen molar-refractivity contribution in [3.8, 4) is 22.6 Å². The van der Waals surface area contributed by atoms with Crippen LogP contribution in [0.1, 0.15) is 21.5 Å². The Bertz CT molecular complexity index is 1330. The lowest BCUT2D eigenvalue weighted by atomic mass is 9.99. The number of ether oxygens (including phenoxy) is 3. The highest BCUT2D eigenvalue weighted by Crippen LogP contribution is 2.41. The molecule has 1 unspecified atom stereocenters. The number of nitrogens with zero attached hydrogens (tertiary/aromatic N) is 2. The molecule has 0 spiro atoms. The van der Waals surface area contributed by atoms with Crippen LogP contribution in [-0.4, -0.2) is 67.8 Å². The van der Waals surface area contributed by atoms with Crippen molar-refractivity contribution in [3.63, 3.8) is 0 Å². The number of carbonyl (C=O) groups excluding carboxylic acids is 2. The second-order valence-corrected chi connectivity index (χ2v) is 9.19. The Morgan fingerprint density at radius 1 is 1.13 bits per heavy atom. The molecule has 196 valence electrons. The number of morpholine rings is 1. The first-order chi connectivity index (χ1) is 18.5. The summed E-state index contributed by atoms with van der Waals surface area (Å²) in [4.78, 5) is 30.9. The molecular formula is C29H30N4O5. The average molecular weight is 515 g/mol. The molecule has 38 heavy (non-hydrogen) atoms. The number of nitrogens with two attached hydrogens (primary N) is 1. The van der Waals surface area contributed by atoms with Crippen LogP contribution in [0.4, 0.5) is 5.82 Å². The molecule has 1 saturated heterocycles. The highest BCUT2D eigenvalue weighted by atomic mass is 16.5. The molecule has 0 radical (unpaired) electrons. The molecule has 9 nitrogen and oxygen atoms in total. The number of pyridine rings is 1. The number of carbonyl (C=O) groups is 2. The maximum absolute atomic E-state index is 12.8. The van der Waals surface area contributed by atoms with Crippen LogP contribution in [0.3, 0.4) is 0 Å². The van der Waals surface area contributed by atoms with Crippen molar-refractivity contribution >= 4 is 23.7 Å². The van der Waals surface area contributed by atoms with Crippen molar-refractivity contribution in [2.24, 2.45) is 0 Å². The molecular weight excluding hydrogens is 484 g/mol. The van der Waals surface area contributed by atoms with Crippen LogP contribution in [-0.2, 0) is 16.0 Å². The molecule has 9 heteroatoms. The third kappa shape index (κ3) is 5.78. The molecule has 1 fully saturated rings. The van der Waals surface area contributed by atoms with Gasteiger partial charge in [-0.2, -0.15) is 0 Å². The molecule has 3 aromatic rings. The van der Waals surface area contributed by atoms with Crippen molar-refractivity contribution in [3.05, 3.63) is 77.5 Å². The lowest BCUT2D eigenvalue weighted by molar-refractivity contribution is -0.116. The molecule has 5 rings (SSSR count). The Hall–Kier alpha value is -4.37. The third-order valence-corrected chi connectivity index (χ3v) is 6.59. The van der Waals surface area contributed by atoms with E-state index >= 15 is 0 Å². The van der Waals surface area contributed by atoms with E-state index in [4.69, 9.17) is 19.9 Å². The highest BCUT2D eigenvalue weighted by Gasteiger charge is 2.27. The first-order valence-electron chi connectivity index (χ1n) is 12.5. The minimum atomic E-state index is -0.222. The minimum Gasteiger partial charge on any atom is -0.493 e. The molecule has 0 aliphatic carbocycles. The van der Waals surface area contributed by atoms with E-state index in [2.05, 4.69) is 16.4 Å². The molecule has 0 bridgehead atoms. The fourth-order valence-electron chi connectivity index (χ4n) is 4.55. The summed E-state index contributed by atoms with van der Waals surface area (Å²) in [5.74, 6) is 1.55. The van der Waals surface area contributed by atoms with E-state index in [1.807, 2.05) is 35.2 Å². The molecule has 3 heterocycles. The van der Waals surface area contributed by atoms with Crippen molar-refractivity contribution in [2.75, 3.05) is 45.7 Å². The summed E-state index contributed by atoms with van der Waals surface area (Å²) in [6, 6.07) is 15.1. The van der Waals surface area contributed by atoms with Crippen molar-refractivity contribution in [1.82, 2.24) is 15.2 Å². The third-order valence-electron chi connectivity index (χ3n) is 6.59. The number of anilines is 1. The van der Waals surface area contributed by atoms with Gasteiger partial charge in [0.2, 0.25) is 5.91 Å². The molecule has 2 aliphatic heterocycles. The van der Waals surface area contributed by atoms with Gasteiger partial charge in [-0.25, -0.2) is 4.98 Å². The number of methoxy groups -OCH3 is 1. The Labute approximate surface area is 221 Å². The van der Waals surface area contributed by atoms with Crippen molar-refractivity contribution in [1.29, 1.82) is 0 Å². The quantitative estimate of drug-likeness (QED) is 0.466. The van der Waals surface area contributed by atoms with Crippen LogP contribution < -0.4 is 20.5 Å². The summed E-state index contributed by atoms with van der Waals surface area (Å²) < 4.78 is 17.1. The Kier molecular flexibility index (Phi) is 7.55. The second-order valence-electron chi connectivity index (χ2n) is 9.19. The van der Waals surface area contributed by atoms with Gasteiger partial charge in [0.15, 0.2) is 11.5 Å². The van der Waals surface area contributed by atoms with E-state index in [1.54, 1.807) is 31.5 Å². The van der Waals surface area contributed by atoms with Gasteiger partial charge < -0.3 is 30.2 Å². The summed E-state index contributed by atoms with van der Waals surface area (Å²) in [7, 11) is 1.61. The number of aromatic nitrogens is 1. The van der Waals surface area contributed by atoms with Gasteiger partial charge in [-0.3, -0.25) is 9.59 Å². The van der Waals surface area contributed by atoms with Gasteiger partial charge in [0, 0.05) is 42.9 Å². The maximum Gasteiger partial charge on any atom is 0.254 e. The number of nitrogens with one attached hydrogen (secondary N) is 1. The summed E-state index contributed by atoms with van der Waals surface area (Å²) >= 11 is 0. The summed E-state index contributed by atoms with van der Waals surface area (Å²) in [5, 5.41) is 2.89. The number of rotatable bonds is 7. The summed E-state index contributed by atoms with van der Waals surface area (Å²) in [6.45, 7) is 2.73. The van der Waals surface area contributed by atoms with Gasteiger partial charge in [-0.1, -0.05) is 12.1 Å². The Morgan fingerprint density at radius 2 is 1.92 bits per heavy atom. The van der Waals surface area contributed by atoms with E-state index < -0.39 is 0 Å². The zero-order valence-corrected chi connectivity index (χ0v) is 21.2. The molecule has 1 atom stereocenters. The van der Waals surface area contributed by atoms with Crippen LogP contribution in [0, 0.1) is 0 Å². The smallest absolute Gasteiger partial charge is 0.254 e. The normalized spacial score (nSPS) is 16.7. The fourth-order valence-corrected chi connectivity index (χ4v) is 4.55. The number of nitrogen functional groups attached to an aromatic ring is 1. The van der Waals surface area contributed by atoms with E-state index in [9.17, 15) is 9.59 Å². The monoisotopic (exact) mass is 514 g/mol. The van der Waals surface area contributed by atoms with E-state index in [1.165, 1.54) is 6.08 Å². The van der Waals surface area contributed by atoms with Crippen LogP contribution in [0.25, 0.3) is 17.2 Å². The number of hydrogen-bond donors (Lipinski definition) is 2. The Morgan fingerprint density at radius 3 is 2.63 bits per heavy atom. The lowest BCUT2D eigenvalue weighted by Gasteiger charge is -2.26. The van der Waals surface area contributed by atoms with Gasteiger partial charge in [0.05, 0.1) is 26.9 Å². The van der Waals surface area contributed by atoms with Crippen LogP contribution in [0.15, 0.2) is 60.8 Å². The maximum atomic E-state index is 12.8. The van der Waals surface area contributed by atoms with Gasteiger partial charge in [0.1, 0.15) is 11.9 Å². The predicted molar refractivity (Wildman–Crippen MR) is 144 cm³/mol. The standard InChI is InChI=1S/C29H30N4O5/c1-36-25-16-22(20-4-6-21(7-5-20)29(35)33-10-12-37-13-11-33)14-23-15-24(38-28(23)25)18-32-27(34)9-3-19-2-8-26(30)31-17-19/h2-9,14,16-17,24H,10-13,15,18H2,1H3,(H2,30,31)(H,32,34)/b9-3+. The van der Waals surface area contributed by atoms with Crippen LogP contribution in [0.2, 0.25) is 0 Å². The minimum absolute atomic E-state index is 0.0182. The molecule has 0 saturated carbocycles. The van der Waals surface area contributed by atoms with Crippen molar-refractivity contribution < 1.29 is 23.8 Å². The number of fused-ring (bicyclic) bond motifs is 1. The SMILES string of the molecule is COc1cc(-c2ccc(C(=O)N3CCOCC3)cc2)cc2c1OC(CNC(=O)/C=C/c1ccc(N)nc1)C2. The molecule has 2 aromatic carbocycles. The topological polar surface area (TPSA) is 116 Å². The number of hydrogen-bond acceptors (Lipinski definition) is 7. The summed E-state index contributed by atoms with van der Waals surface area (Å²) in [5.41, 5.74) is 9.99. The zero-order valence-electron chi connectivity index (χ0n) is 21.2. The van der Waals surface area contributed by atoms with Crippen LogP contribution in [0.5, 0.6) is 11.5 Å². The van der Waals surface area contributed by atoms with Gasteiger partial charge in [-0.15, -0.1) is 0 Å². The van der Waals surface area contributed by atoms with Gasteiger partial charge in [-0.05, 0) is 59.2 Å². The molecule has 2 aliphatic rings. The largest absolute Gasteiger partial charge is 0.493 e. The predicted octanol–water partition coefficient (Wildman–Crippen LogP) is 2.94. The second kappa shape index (κ2) is 11.4. The summed E-state index contributed by atoms with van der Waals surface area (Å²) in [6.07, 6.45) is 5.18. The van der Waals surface area contributed by atoms with Crippen molar-refractivity contribution in [2.45, 2.75) is 12.5 Å². The molecule has 1 aromatic heterocycles. The van der Waals surface area contributed by atoms with E-state index in [0.29, 0.717) is 62.1 Å². The first-order valence-corrected chi connectivity index (χ1v) is 12.5. The average Bonchev–Trinajstić information content (AvgIpc) is 3.38. The first kappa shape index (κ1) is 25.3. The van der Waals surface area contributed by atoms with Gasteiger partial charge >= 0.3 is 0 Å². The lowest BCUT2D eigenvalue weighted by Crippen LogP contribution is -2.40. The van der Waals surface area contributed by atoms with E-state index in [-0.39, 0.29) is 17.9 Å². The fraction of sp³-hybridized carbons (Fsp3) is 0.276. The molecule has 3 N–H and O–H groups in total. The molecule has 2 amide bonds. The number of benzene rings is 2. The Balaban J connectivity index is 1.22. The van der Waals surface area contributed by atoms with E-state index in [0.717, 1.165) is 22.3 Å². The highest BCUT2D eigenvalue weighted by molar-refractivity contribution is 5.95. The number of amides is 2. The zero-order chi connectivity index (χ0) is 26.5. The van der Waals surface area contributed by atoms with Gasteiger partial charge in [0.25, 0.3) is 5.91 Å². The van der Waals surface area contributed by atoms with Crippen LogP contribution >= 0.6 is 0 Å².